The summed E-state index contributed by atoms with van der Waals surface area (Å²) in [6.07, 6.45) is 4.39. The molecule has 1 aliphatic rings. The Bertz CT molecular complexity index is 76.0. The van der Waals surface area contributed by atoms with Crippen LogP contribution in [0.15, 0.2) is 0 Å². The third-order valence-electron chi connectivity index (χ3n) is 3.11. The predicted octanol–water partition coefficient (Wildman–Crippen LogP) is 4.10. The molecule has 0 saturated heterocycles. The maximum Gasteiger partial charge on any atom is -0.0391 e. The summed E-state index contributed by atoms with van der Waals surface area (Å²) >= 11 is 0. The molecule has 0 bridgehead atoms. The van der Waals surface area contributed by atoms with Crippen LogP contribution >= 0.6 is 0 Å². The first-order valence-electron chi connectivity index (χ1n) is 5.22. The molecule has 0 heteroatoms. The number of hydrogen-bond donors (Lipinski definition) is 0. The van der Waals surface area contributed by atoms with E-state index < -0.39 is 0 Å². The topological polar surface area (TPSA) is 0 Å². The highest BCUT2D eigenvalue weighted by molar-refractivity contribution is 4.73. The van der Waals surface area contributed by atoms with Crippen LogP contribution in [0.3, 0.4) is 0 Å². The summed E-state index contributed by atoms with van der Waals surface area (Å²) in [5, 5.41) is 0. The Labute approximate surface area is 72.4 Å². The molecular weight excluding hydrogens is 132 g/mol. The van der Waals surface area contributed by atoms with Crippen LogP contribution in [0.5, 0.6) is 0 Å². The van der Waals surface area contributed by atoms with E-state index in [1.165, 1.54) is 19.3 Å². The summed E-state index contributed by atoms with van der Waals surface area (Å²) in [6.45, 7) is 11.2. The van der Waals surface area contributed by atoms with Gasteiger partial charge in [0.05, 0.1) is 0 Å². The van der Waals surface area contributed by atoms with Gasteiger partial charge in [0, 0.05) is 0 Å². The van der Waals surface area contributed by atoms with Crippen LogP contribution in [0.25, 0.3) is 0 Å². The van der Waals surface area contributed by atoms with E-state index in [0.29, 0.717) is 0 Å². The fourth-order valence-corrected chi connectivity index (χ4v) is 1.85. The van der Waals surface area contributed by atoms with Crippen molar-refractivity contribution in [1.82, 2.24) is 0 Å². The predicted molar refractivity (Wildman–Crippen MR) is 52.7 cm³/mol. The minimum absolute atomic E-state index is 0.971. The Morgan fingerprint density at radius 3 is 1.45 bits per heavy atom. The molecule has 1 saturated carbocycles. The van der Waals surface area contributed by atoms with Crippen molar-refractivity contribution < 1.29 is 0 Å². The molecule has 0 aliphatic heterocycles. The van der Waals surface area contributed by atoms with E-state index in [4.69, 9.17) is 0 Å². The monoisotopic (exact) mass is 156 g/mol. The zero-order chi connectivity index (χ0) is 8.85. The van der Waals surface area contributed by atoms with Gasteiger partial charge in [0.2, 0.25) is 0 Å². The van der Waals surface area contributed by atoms with Gasteiger partial charge in [0.25, 0.3) is 0 Å². The molecule has 0 nitrogen and oxygen atoms in total. The highest BCUT2D eigenvalue weighted by atomic mass is 14.3. The zero-order valence-electron chi connectivity index (χ0n) is 8.85. The smallest absolute Gasteiger partial charge is 0.0391 e. The van der Waals surface area contributed by atoms with E-state index in [1.54, 1.807) is 0 Å². The maximum atomic E-state index is 2.40. The fraction of sp³-hybridized carbons (Fsp3) is 1.00. The van der Waals surface area contributed by atoms with Crippen molar-refractivity contribution in [3.8, 4) is 0 Å². The lowest BCUT2D eigenvalue weighted by molar-refractivity contribution is 0.197. The average Bonchev–Trinajstić information content (AvgIpc) is 2.04. The van der Waals surface area contributed by atoms with Gasteiger partial charge in [-0.1, -0.05) is 53.9 Å². The molecule has 0 aromatic heterocycles. The van der Waals surface area contributed by atoms with E-state index in [2.05, 4.69) is 20.8 Å². The molecule has 1 aliphatic carbocycles. The van der Waals surface area contributed by atoms with E-state index in [9.17, 15) is 0 Å². The highest BCUT2D eigenvalue weighted by Crippen LogP contribution is 2.33. The molecule has 1 fully saturated rings. The van der Waals surface area contributed by atoms with E-state index in [-0.39, 0.29) is 0 Å². The van der Waals surface area contributed by atoms with Crippen LogP contribution in [0.2, 0.25) is 0 Å². The molecule has 68 valence electrons. The first-order chi connectivity index (χ1) is 5.22. The third kappa shape index (κ3) is 3.27. The lowest BCUT2D eigenvalue weighted by Crippen LogP contribution is -2.21. The van der Waals surface area contributed by atoms with Crippen LogP contribution in [-0.4, -0.2) is 0 Å². The summed E-state index contributed by atoms with van der Waals surface area (Å²) in [7, 11) is 0. The van der Waals surface area contributed by atoms with Gasteiger partial charge >= 0.3 is 0 Å². The van der Waals surface area contributed by atoms with E-state index in [1.807, 2.05) is 13.8 Å². The van der Waals surface area contributed by atoms with Crippen molar-refractivity contribution in [2.45, 2.75) is 53.9 Å². The van der Waals surface area contributed by atoms with E-state index >= 15 is 0 Å². The quantitative estimate of drug-likeness (QED) is 0.495. The number of hydrogen-bond acceptors (Lipinski definition) is 0. The van der Waals surface area contributed by atoms with Gasteiger partial charge in [0.15, 0.2) is 0 Å². The molecule has 0 amide bonds. The van der Waals surface area contributed by atoms with Crippen molar-refractivity contribution in [1.29, 1.82) is 0 Å². The second kappa shape index (κ2) is 5.62. The van der Waals surface area contributed by atoms with Crippen molar-refractivity contribution in [3.05, 3.63) is 0 Å². The van der Waals surface area contributed by atoms with Crippen LogP contribution in [0.4, 0.5) is 0 Å². The summed E-state index contributed by atoms with van der Waals surface area (Å²) in [4.78, 5) is 0. The highest BCUT2D eigenvalue weighted by Gasteiger charge is 2.22. The van der Waals surface area contributed by atoms with Crippen LogP contribution in [-0.2, 0) is 0 Å². The van der Waals surface area contributed by atoms with Crippen LogP contribution in [0.1, 0.15) is 53.9 Å². The molecule has 1 rings (SSSR count). The summed E-state index contributed by atoms with van der Waals surface area (Å²) in [5.74, 6) is 2.93. The first-order valence-corrected chi connectivity index (χ1v) is 5.22. The molecule has 0 aromatic rings. The summed E-state index contributed by atoms with van der Waals surface area (Å²) in [5.41, 5.74) is 0. The number of rotatable bonds is 0. The van der Waals surface area contributed by atoms with Gasteiger partial charge in [-0.2, -0.15) is 0 Å². The van der Waals surface area contributed by atoms with Gasteiger partial charge < -0.3 is 0 Å². The van der Waals surface area contributed by atoms with Crippen LogP contribution < -0.4 is 0 Å². The largest absolute Gasteiger partial charge is 0.0683 e. The lowest BCUT2D eigenvalue weighted by Gasteiger charge is -2.31. The van der Waals surface area contributed by atoms with Gasteiger partial charge in [-0.15, -0.1) is 0 Å². The Morgan fingerprint density at radius 1 is 0.818 bits per heavy atom. The fourth-order valence-electron chi connectivity index (χ4n) is 1.85. The minimum Gasteiger partial charge on any atom is -0.0683 e. The van der Waals surface area contributed by atoms with E-state index in [0.717, 1.165) is 17.8 Å². The SMILES string of the molecule is CC.CC1CCCC(C)C1C. The van der Waals surface area contributed by atoms with Crippen molar-refractivity contribution in [2.75, 3.05) is 0 Å². The molecule has 0 aromatic carbocycles. The summed E-state index contributed by atoms with van der Waals surface area (Å²) in [6, 6.07) is 0. The second-order valence-electron chi connectivity index (χ2n) is 3.74. The molecule has 0 heterocycles. The average molecular weight is 156 g/mol. The van der Waals surface area contributed by atoms with Gasteiger partial charge in [-0.05, 0) is 17.8 Å². The Balaban J connectivity index is 0.000000461. The normalized spacial score (nSPS) is 37.4. The lowest BCUT2D eigenvalue weighted by atomic mass is 9.75. The Kier molecular flexibility index (Phi) is 5.62. The molecule has 0 spiro atoms. The molecular formula is C11H24. The van der Waals surface area contributed by atoms with Gasteiger partial charge in [-0.25, -0.2) is 0 Å². The van der Waals surface area contributed by atoms with Crippen molar-refractivity contribution >= 4 is 0 Å². The standard InChI is InChI=1S/C9H18.C2H6/c1-7-5-4-6-8(2)9(7)3;1-2/h7-9H,4-6H2,1-3H3;1-2H3. The Hall–Kier alpha value is 0. The molecule has 2 atom stereocenters. The maximum absolute atomic E-state index is 2.40. The van der Waals surface area contributed by atoms with Crippen LogP contribution in [0, 0.1) is 17.8 Å². The molecule has 2 unspecified atom stereocenters. The molecule has 0 radical (unpaired) electrons. The molecule has 11 heavy (non-hydrogen) atoms. The summed E-state index contributed by atoms with van der Waals surface area (Å²) < 4.78 is 0. The first kappa shape index (κ1) is 11.0. The van der Waals surface area contributed by atoms with Crippen molar-refractivity contribution in [2.24, 2.45) is 17.8 Å². The second-order valence-corrected chi connectivity index (χ2v) is 3.74. The Morgan fingerprint density at radius 2 is 1.18 bits per heavy atom. The van der Waals surface area contributed by atoms with Crippen molar-refractivity contribution in [3.63, 3.8) is 0 Å². The van der Waals surface area contributed by atoms with Gasteiger partial charge in [-0.3, -0.25) is 0 Å². The minimum atomic E-state index is 0.971. The van der Waals surface area contributed by atoms with Gasteiger partial charge in [0.1, 0.15) is 0 Å². The third-order valence-corrected chi connectivity index (χ3v) is 3.11. The molecule has 0 N–H and O–H groups in total. The zero-order valence-corrected chi connectivity index (χ0v) is 8.85.